The lowest BCUT2D eigenvalue weighted by Gasteiger charge is -2.20. The maximum atomic E-state index is 11.5. The van der Waals surface area contributed by atoms with E-state index in [1.807, 2.05) is 13.8 Å². The molecular formula is C11H21NO4S. The molecule has 0 amide bonds. The van der Waals surface area contributed by atoms with Crippen LogP contribution in [0.1, 0.15) is 20.3 Å². The molecule has 1 N–H and O–H groups in total. The third kappa shape index (κ3) is 4.27. The molecule has 5 nitrogen and oxygen atoms in total. The van der Waals surface area contributed by atoms with Crippen LogP contribution in [0.5, 0.6) is 0 Å². The molecule has 1 rings (SSSR count). The van der Waals surface area contributed by atoms with Crippen molar-refractivity contribution in [1.29, 1.82) is 0 Å². The lowest BCUT2D eigenvalue weighted by molar-refractivity contribution is -0.146. The molecule has 0 aliphatic carbocycles. The van der Waals surface area contributed by atoms with Crippen LogP contribution in [-0.2, 0) is 19.4 Å². The third-order valence-electron chi connectivity index (χ3n) is 3.17. The molecule has 0 aromatic carbocycles. The molecule has 2 unspecified atom stereocenters. The Morgan fingerprint density at radius 3 is 2.53 bits per heavy atom. The Bertz CT molecular complexity index is 364. The van der Waals surface area contributed by atoms with E-state index in [0.29, 0.717) is 13.0 Å². The zero-order valence-electron chi connectivity index (χ0n) is 10.6. The Kier molecular flexibility index (Phi) is 4.94. The van der Waals surface area contributed by atoms with Crippen LogP contribution in [0.4, 0.5) is 0 Å². The number of rotatable bonds is 5. The number of hydrogen-bond acceptors (Lipinski definition) is 5. The lowest BCUT2D eigenvalue weighted by Crippen LogP contribution is -2.39. The molecule has 100 valence electrons. The second-order valence-electron chi connectivity index (χ2n) is 4.88. The number of esters is 1. The predicted octanol–water partition coefficient (Wildman–Crippen LogP) is 0.208. The van der Waals surface area contributed by atoms with Crippen LogP contribution in [0.3, 0.4) is 0 Å². The number of sulfone groups is 1. The molecule has 1 fully saturated rings. The van der Waals surface area contributed by atoms with Crippen molar-refractivity contribution in [2.24, 2.45) is 11.8 Å². The van der Waals surface area contributed by atoms with Crippen molar-refractivity contribution in [3.8, 4) is 0 Å². The summed E-state index contributed by atoms with van der Waals surface area (Å²) >= 11 is 0. The van der Waals surface area contributed by atoms with Crippen molar-refractivity contribution in [1.82, 2.24) is 5.32 Å². The van der Waals surface area contributed by atoms with E-state index >= 15 is 0 Å². The number of carbonyl (C=O) groups is 1. The summed E-state index contributed by atoms with van der Waals surface area (Å²) in [4.78, 5) is 11.5. The van der Waals surface area contributed by atoms with Crippen molar-refractivity contribution < 1.29 is 17.9 Å². The fraction of sp³-hybridized carbons (Fsp3) is 0.909. The second-order valence-corrected chi connectivity index (χ2v) is 7.11. The Morgan fingerprint density at radius 2 is 2.12 bits per heavy atom. The van der Waals surface area contributed by atoms with Crippen LogP contribution in [0.15, 0.2) is 0 Å². The zero-order chi connectivity index (χ0) is 13.1. The summed E-state index contributed by atoms with van der Waals surface area (Å²) in [6.07, 6.45) is 0.633. The van der Waals surface area contributed by atoms with E-state index in [1.54, 1.807) is 0 Å². The minimum atomic E-state index is -2.87. The summed E-state index contributed by atoms with van der Waals surface area (Å²) in [5, 5.41) is 3.15. The smallest absolute Gasteiger partial charge is 0.310 e. The average Bonchev–Trinajstić information content (AvgIpc) is 2.57. The molecule has 1 aliphatic rings. The first-order valence-electron chi connectivity index (χ1n) is 5.87. The van der Waals surface area contributed by atoms with Crippen molar-refractivity contribution >= 4 is 15.8 Å². The molecule has 0 aromatic heterocycles. The molecule has 0 radical (unpaired) electrons. The molecule has 2 atom stereocenters. The van der Waals surface area contributed by atoms with Crippen LogP contribution in [-0.4, -0.2) is 45.6 Å². The lowest BCUT2D eigenvalue weighted by atomic mass is 9.95. The van der Waals surface area contributed by atoms with Crippen LogP contribution >= 0.6 is 0 Å². The molecule has 1 heterocycles. The fourth-order valence-electron chi connectivity index (χ4n) is 1.99. The van der Waals surface area contributed by atoms with E-state index in [4.69, 9.17) is 4.74 Å². The van der Waals surface area contributed by atoms with E-state index in [9.17, 15) is 13.2 Å². The van der Waals surface area contributed by atoms with Crippen LogP contribution < -0.4 is 5.32 Å². The summed E-state index contributed by atoms with van der Waals surface area (Å²) < 4.78 is 27.3. The highest BCUT2D eigenvalue weighted by atomic mass is 32.2. The van der Waals surface area contributed by atoms with Gasteiger partial charge in [0, 0.05) is 12.6 Å². The first-order chi connectivity index (χ1) is 7.85. The quantitative estimate of drug-likeness (QED) is 0.718. The number of nitrogens with one attached hydrogen (secondary N) is 1. The molecule has 0 aromatic rings. The van der Waals surface area contributed by atoms with Crippen molar-refractivity contribution in [3.63, 3.8) is 0 Å². The maximum Gasteiger partial charge on any atom is 0.310 e. The molecule has 0 spiro atoms. The summed E-state index contributed by atoms with van der Waals surface area (Å²) in [5.41, 5.74) is 0. The summed E-state index contributed by atoms with van der Waals surface area (Å²) in [7, 11) is -1.50. The minimum Gasteiger partial charge on any atom is -0.469 e. The summed E-state index contributed by atoms with van der Waals surface area (Å²) in [6.45, 7) is 4.38. The van der Waals surface area contributed by atoms with Crippen molar-refractivity contribution in [3.05, 3.63) is 0 Å². The van der Waals surface area contributed by atoms with Gasteiger partial charge < -0.3 is 10.1 Å². The predicted molar refractivity (Wildman–Crippen MR) is 65.4 cm³/mol. The Morgan fingerprint density at radius 1 is 1.47 bits per heavy atom. The normalized spacial score (nSPS) is 24.8. The standard InChI is InChI=1S/C11H21NO4S/c1-8(2)10(11(13)16-3)6-12-9-4-5-17(14,15)7-9/h8-10,12H,4-7H2,1-3H3. The van der Waals surface area contributed by atoms with Gasteiger partial charge in [0.1, 0.15) is 0 Å². The first kappa shape index (κ1) is 14.4. The SMILES string of the molecule is COC(=O)C(CNC1CCS(=O)(=O)C1)C(C)C. The molecular weight excluding hydrogens is 242 g/mol. The topological polar surface area (TPSA) is 72.5 Å². The van der Waals surface area contributed by atoms with Gasteiger partial charge in [-0.15, -0.1) is 0 Å². The van der Waals surface area contributed by atoms with E-state index in [-0.39, 0.29) is 35.4 Å². The molecule has 6 heteroatoms. The summed E-state index contributed by atoms with van der Waals surface area (Å²) in [6, 6.07) is -0.0223. The van der Waals surface area contributed by atoms with Crippen LogP contribution in [0, 0.1) is 11.8 Å². The van der Waals surface area contributed by atoms with Gasteiger partial charge in [0.25, 0.3) is 0 Å². The Labute approximate surface area is 103 Å². The molecule has 17 heavy (non-hydrogen) atoms. The van der Waals surface area contributed by atoms with Crippen molar-refractivity contribution in [2.45, 2.75) is 26.3 Å². The number of methoxy groups -OCH3 is 1. The maximum absolute atomic E-state index is 11.5. The van der Waals surface area contributed by atoms with Gasteiger partial charge in [-0.3, -0.25) is 4.79 Å². The van der Waals surface area contributed by atoms with Gasteiger partial charge >= 0.3 is 5.97 Å². The zero-order valence-corrected chi connectivity index (χ0v) is 11.4. The average molecular weight is 263 g/mol. The third-order valence-corrected chi connectivity index (χ3v) is 4.94. The molecule has 1 aliphatic heterocycles. The monoisotopic (exact) mass is 263 g/mol. The Balaban J connectivity index is 2.45. The highest BCUT2D eigenvalue weighted by Gasteiger charge is 2.30. The van der Waals surface area contributed by atoms with E-state index < -0.39 is 9.84 Å². The molecule has 1 saturated heterocycles. The number of carbonyl (C=O) groups excluding carboxylic acids is 1. The summed E-state index contributed by atoms with van der Waals surface area (Å²) in [5.74, 6) is 0.137. The van der Waals surface area contributed by atoms with Crippen molar-refractivity contribution in [2.75, 3.05) is 25.2 Å². The molecule has 0 bridgehead atoms. The first-order valence-corrected chi connectivity index (χ1v) is 7.69. The van der Waals surface area contributed by atoms with Gasteiger partial charge in [-0.05, 0) is 12.3 Å². The van der Waals surface area contributed by atoms with Gasteiger partial charge in [-0.25, -0.2) is 8.42 Å². The van der Waals surface area contributed by atoms with Gasteiger partial charge in [-0.2, -0.15) is 0 Å². The van der Waals surface area contributed by atoms with Gasteiger partial charge in [0.05, 0.1) is 24.5 Å². The van der Waals surface area contributed by atoms with E-state index in [2.05, 4.69) is 5.32 Å². The van der Waals surface area contributed by atoms with E-state index in [0.717, 1.165) is 0 Å². The number of ether oxygens (including phenoxy) is 1. The second kappa shape index (κ2) is 5.82. The Hall–Kier alpha value is -0.620. The highest BCUT2D eigenvalue weighted by molar-refractivity contribution is 7.91. The van der Waals surface area contributed by atoms with Crippen LogP contribution in [0.2, 0.25) is 0 Å². The van der Waals surface area contributed by atoms with Crippen LogP contribution in [0.25, 0.3) is 0 Å². The van der Waals surface area contributed by atoms with Gasteiger partial charge in [-0.1, -0.05) is 13.8 Å². The van der Waals surface area contributed by atoms with Gasteiger partial charge in [0.15, 0.2) is 9.84 Å². The van der Waals surface area contributed by atoms with E-state index in [1.165, 1.54) is 7.11 Å². The highest BCUT2D eigenvalue weighted by Crippen LogP contribution is 2.15. The largest absolute Gasteiger partial charge is 0.469 e. The minimum absolute atomic E-state index is 0.0223. The van der Waals surface area contributed by atoms with Gasteiger partial charge in [0.2, 0.25) is 0 Å². The fourth-order valence-corrected chi connectivity index (χ4v) is 3.70. The molecule has 0 saturated carbocycles. The number of hydrogen-bond donors (Lipinski definition) is 1.